The molecule has 0 spiro atoms. The highest BCUT2D eigenvalue weighted by Crippen LogP contribution is 2.07. The van der Waals surface area contributed by atoms with Crippen molar-refractivity contribution in [2.24, 2.45) is 5.73 Å². The Bertz CT molecular complexity index is 160. The van der Waals surface area contributed by atoms with Crippen LogP contribution in [0.5, 0.6) is 0 Å². The van der Waals surface area contributed by atoms with Gasteiger partial charge in [-0.25, -0.2) is 0 Å². The van der Waals surface area contributed by atoms with E-state index in [9.17, 15) is 4.79 Å². The molecule has 0 unspecified atom stereocenters. The molecule has 0 fully saturated rings. The van der Waals surface area contributed by atoms with Gasteiger partial charge in [0.05, 0.1) is 0 Å². The summed E-state index contributed by atoms with van der Waals surface area (Å²) in [6.07, 6.45) is 10.9. The Hall–Kier alpha value is -0.570. The summed E-state index contributed by atoms with van der Waals surface area (Å²) in [5, 5.41) is 2.88. The molecule has 3 N–H and O–H groups in total. The number of rotatable bonds is 11. The first-order chi connectivity index (χ1) is 7.81. The first-order valence-electron chi connectivity index (χ1n) is 6.78. The molecule has 0 aliphatic carbocycles. The highest BCUT2D eigenvalue weighted by molar-refractivity contribution is 5.75. The maximum absolute atomic E-state index is 11.1. The van der Waals surface area contributed by atoms with Gasteiger partial charge in [0.2, 0.25) is 5.91 Å². The molecule has 3 nitrogen and oxygen atoms in total. The number of nitrogens with two attached hydrogens (primary N) is 1. The van der Waals surface area contributed by atoms with Crippen LogP contribution in [0.4, 0.5) is 0 Å². The van der Waals surface area contributed by atoms with Gasteiger partial charge in [0.1, 0.15) is 0 Å². The van der Waals surface area contributed by atoms with Crippen LogP contribution < -0.4 is 11.1 Å². The maximum atomic E-state index is 11.1. The predicted octanol–water partition coefficient (Wildman–Crippen LogP) is 2.59. The van der Waals surface area contributed by atoms with Gasteiger partial charge >= 0.3 is 0 Å². The summed E-state index contributed by atoms with van der Waals surface area (Å²) >= 11 is 0. The van der Waals surface area contributed by atoms with Gasteiger partial charge in [0.25, 0.3) is 0 Å². The molecule has 0 rings (SSSR count). The Morgan fingerprint density at radius 1 is 1.00 bits per heavy atom. The molecule has 0 saturated carbocycles. The summed E-state index contributed by atoms with van der Waals surface area (Å²) in [4.78, 5) is 11.1. The lowest BCUT2D eigenvalue weighted by atomic mass is 10.1. The fourth-order valence-corrected chi connectivity index (χ4v) is 1.71. The van der Waals surface area contributed by atoms with Gasteiger partial charge < -0.3 is 11.1 Å². The van der Waals surface area contributed by atoms with Crippen molar-refractivity contribution in [1.29, 1.82) is 0 Å². The van der Waals surface area contributed by atoms with Gasteiger partial charge in [-0.3, -0.25) is 4.79 Å². The van der Waals surface area contributed by atoms with Crippen LogP contribution >= 0.6 is 0 Å². The van der Waals surface area contributed by atoms with E-state index in [1.54, 1.807) is 0 Å². The van der Waals surface area contributed by atoms with E-state index in [-0.39, 0.29) is 5.91 Å². The van der Waals surface area contributed by atoms with Crippen molar-refractivity contribution in [3.63, 3.8) is 0 Å². The third-order valence-corrected chi connectivity index (χ3v) is 2.72. The Kier molecular flexibility index (Phi) is 12.1. The average molecular weight is 228 g/mol. The second-order valence-corrected chi connectivity index (χ2v) is 4.36. The summed E-state index contributed by atoms with van der Waals surface area (Å²) in [7, 11) is 0. The molecule has 0 aromatic rings. The smallest absolute Gasteiger partial charge is 0.221 e. The molecule has 0 atom stereocenters. The lowest BCUT2D eigenvalue weighted by molar-refractivity contribution is -0.120. The van der Waals surface area contributed by atoms with E-state index in [1.165, 1.54) is 44.9 Å². The van der Waals surface area contributed by atoms with E-state index in [1.807, 2.05) is 0 Å². The van der Waals surface area contributed by atoms with E-state index in [4.69, 9.17) is 5.73 Å². The van der Waals surface area contributed by atoms with Crippen LogP contribution in [0.15, 0.2) is 0 Å². The van der Waals surface area contributed by atoms with Crippen LogP contribution in [-0.2, 0) is 4.79 Å². The maximum Gasteiger partial charge on any atom is 0.221 e. The third kappa shape index (κ3) is 11.5. The van der Waals surface area contributed by atoms with Gasteiger partial charge in [-0.1, -0.05) is 51.9 Å². The summed E-state index contributed by atoms with van der Waals surface area (Å²) in [5.74, 6) is 0.0884. The van der Waals surface area contributed by atoms with Crippen molar-refractivity contribution in [2.45, 2.75) is 64.7 Å². The number of unbranched alkanes of at least 4 members (excludes halogenated alkanes) is 7. The number of hydrogen-bond acceptors (Lipinski definition) is 2. The lowest BCUT2D eigenvalue weighted by Crippen LogP contribution is -2.26. The predicted molar refractivity (Wildman–Crippen MR) is 69.3 cm³/mol. The zero-order valence-electron chi connectivity index (χ0n) is 10.8. The molecule has 0 aromatic carbocycles. The lowest BCUT2D eigenvalue weighted by Gasteiger charge is -2.04. The van der Waals surface area contributed by atoms with E-state index in [2.05, 4.69) is 12.2 Å². The monoisotopic (exact) mass is 228 g/mol. The fraction of sp³-hybridized carbons (Fsp3) is 0.923. The second-order valence-electron chi connectivity index (χ2n) is 4.36. The normalized spacial score (nSPS) is 10.4. The van der Waals surface area contributed by atoms with Crippen LogP contribution in [0, 0.1) is 0 Å². The van der Waals surface area contributed by atoms with Crippen LogP contribution in [0.25, 0.3) is 0 Å². The van der Waals surface area contributed by atoms with Crippen molar-refractivity contribution < 1.29 is 4.79 Å². The van der Waals surface area contributed by atoms with Crippen LogP contribution in [0.3, 0.4) is 0 Å². The van der Waals surface area contributed by atoms with Gasteiger partial charge in [0.15, 0.2) is 0 Å². The number of nitrogens with one attached hydrogen (secondary N) is 1. The minimum atomic E-state index is 0.0884. The molecule has 0 saturated heterocycles. The van der Waals surface area contributed by atoms with Gasteiger partial charge in [-0.2, -0.15) is 0 Å². The largest absolute Gasteiger partial charge is 0.356 e. The van der Waals surface area contributed by atoms with Gasteiger partial charge in [0, 0.05) is 19.5 Å². The Balaban J connectivity index is 3.01. The summed E-state index contributed by atoms with van der Waals surface area (Å²) in [5.41, 5.74) is 5.28. The van der Waals surface area contributed by atoms with E-state index < -0.39 is 0 Å². The second kappa shape index (κ2) is 12.5. The van der Waals surface area contributed by atoms with E-state index in [0.29, 0.717) is 13.0 Å². The molecule has 1 amide bonds. The summed E-state index contributed by atoms with van der Waals surface area (Å²) < 4.78 is 0. The van der Waals surface area contributed by atoms with Gasteiger partial charge in [-0.05, 0) is 6.42 Å². The molecule has 0 bridgehead atoms. The molecular weight excluding hydrogens is 200 g/mol. The Morgan fingerprint density at radius 3 is 2.12 bits per heavy atom. The molecule has 0 aliphatic rings. The zero-order chi connectivity index (χ0) is 12.1. The van der Waals surface area contributed by atoms with Crippen LogP contribution in [0.2, 0.25) is 0 Å². The average Bonchev–Trinajstić information content (AvgIpc) is 2.27. The number of carbonyl (C=O) groups excluding carboxylic acids is 1. The third-order valence-electron chi connectivity index (χ3n) is 2.72. The number of carbonyl (C=O) groups is 1. The number of amides is 1. The molecular formula is C13H28N2O. The van der Waals surface area contributed by atoms with Crippen molar-refractivity contribution in [2.75, 3.05) is 13.1 Å². The molecule has 0 aliphatic heterocycles. The highest BCUT2D eigenvalue weighted by Gasteiger charge is 1.97. The summed E-state index contributed by atoms with van der Waals surface area (Å²) in [6, 6.07) is 0. The minimum Gasteiger partial charge on any atom is -0.356 e. The quantitative estimate of drug-likeness (QED) is 0.534. The molecule has 0 aromatic heterocycles. The molecule has 96 valence electrons. The van der Waals surface area contributed by atoms with Crippen molar-refractivity contribution in [3.8, 4) is 0 Å². The van der Waals surface area contributed by atoms with Gasteiger partial charge in [-0.15, -0.1) is 0 Å². The first kappa shape index (κ1) is 15.4. The fourth-order valence-electron chi connectivity index (χ4n) is 1.71. The zero-order valence-corrected chi connectivity index (χ0v) is 10.8. The standard InChI is InChI=1S/C13H28N2O/c1-2-3-4-5-6-7-8-9-12-15-13(16)10-11-14/h2-12,14H2,1H3,(H,15,16). The van der Waals surface area contributed by atoms with Crippen molar-refractivity contribution >= 4 is 5.91 Å². The van der Waals surface area contributed by atoms with E-state index in [0.717, 1.165) is 13.0 Å². The van der Waals surface area contributed by atoms with Crippen LogP contribution in [-0.4, -0.2) is 19.0 Å². The Morgan fingerprint density at radius 2 is 1.56 bits per heavy atom. The van der Waals surface area contributed by atoms with Crippen molar-refractivity contribution in [3.05, 3.63) is 0 Å². The topological polar surface area (TPSA) is 55.1 Å². The molecule has 16 heavy (non-hydrogen) atoms. The highest BCUT2D eigenvalue weighted by atomic mass is 16.1. The summed E-state index contributed by atoms with van der Waals surface area (Å²) in [6.45, 7) is 3.50. The molecule has 3 heteroatoms. The number of hydrogen-bond donors (Lipinski definition) is 2. The molecule has 0 heterocycles. The van der Waals surface area contributed by atoms with E-state index >= 15 is 0 Å². The SMILES string of the molecule is CCCCCCCCCCNC(=O)CCN. The molecule has 0 radical (unpaired) electrons. The minimum absolute atomic E-state index is 0.0884. The van der Waals surface area contributed by atoms with Crippen LogP contribution in [0.1, 0.15) is 64.7 Å². The Labute approximate surface area is 100 Å². The van der Waals surface area contributed by atoms with Crippen molar-refractivity contribution in [1.82, 2.24) is 5.32 Å². The first-order valence-corrected chi connectivity index (χ1v) is 6.78.